The Morgan fingerprint density at radius 1 is 1.30 bits per heavy atom. The number of primary amides is 1. The summed E-state index contributed by atoms with van der Waals surface area (Å²) in [6.07, 6.45) is 2.17. The lowest BCUT2D eigenvalue weighted by Crippen LogP contribution is -2.56. The molecule has 2 fully saturated rings. The third kappa shape index (κ3) is 2.88. The Labute approximate surface area is 137 Å². The predicted octanol–water partition coefficient (Wildman–Crippen LogP) is 0.951. The van der Waals surface area contributed by atoms with E-state index in [1.54, 1.807) is 23.4 Å². The van der Waals surface area contributed by atoms with Crippen LogP contribution in [0.4, 0.5) is 0 Å². The van der Waals surface area contributed by atoms with Gasteiger partial charge in [-0.15, -0.1) is 0 Å². The van der Waals surface area contributed by atoms with Gasteiger partial charge in [0, 0.05) is 30.7 Å². The van der Waals surface area contributed by atoms with Crippen molar-refractivity contribution in [1.29, 1.82) is 0 Å². The summed E-state index contributed by atoms with van der Waals surface area (Å²) in [6.45, 7) is 6.02. The molecule has 0 aromatic heterocycles. The fourth-order valence-corrected chi connectivity index (χ4v) is 5.34. The van der Waals surface area contributed by atoms with E-state index in [0.717, 1.165) is 25.9 Å². The highest BCUT2D eigenvalue weighted by Crippen LogP contribution is 2.29. The van der Waals surface area contributed by atoms with Gasteiger partial charge in [-0.3, -0.25) is 9.69 Å². The van der Waals surface area contributed by atoms with Gasteiger partial charge in [-0.05, 0) is 50.9 Å². The van der Waals surface area contributed by atoms with Crippen molar-refractivity contribution in [2.45, 2.75) is 43.7 Å². The molecule has 0 bridgehead atoms. The Morgan fingerprint density at radius 3 is 2.74 bits per heavy atom. The molecule has 2 N–H and O–H groups in total. The van der Waals surface area contributed by atoms with Gasteiger partial charge in [0.2, 0.25) is 15.9 Å². The molecule has 0 aliphatic carbocycles. The summed E-state index contributed by atoms with van der Waals surface area (Å²) in [5.41, 5.74) is 6.30. The van der Waals surface area contributed by atoms with Crippen LogP contribution in [0, 0.1) is 6.92 Å². The first-order valence-corrected chi connectivity index (χ1v) is 9.41. The number of rotatable bonds is 3. The molecule has 0 radical (unpaired) electrons. The molecule has 2 aliphatic heterocycles. The van der Waals surface area contributed by atoms with Gasteiger partial charge in [0.15, 0.2) is 0 Å². The Bertz CT molecular complexity index is 732. The van der Waals surface area contributed by atoms with E-state index in [9.17, 15) is 13.2 Å². The Morgan fingerprint density at radius 2 is 2.04 bits per heavy atom. The first-order chi connectivity index (χ1) is 10.8. The zero-order valence-corrected chi connectivity index (χ0v) is 14.3. The largest absolute Gasteiger partial charge is 0.366 e. The summed E-state index contributed by atoms with van der Waals surface area (Å²) in [6, 6.07) is 4.84. The number of amides is 1. The first-order valence-electron chi connectivity index (χ1n) is 7.97. The quantitative estimate of drug-likeness (QED) is 0.890. The molecule has 0 saturated carbocycles. The van der Waals surface area contributed by atoms with Crippen molar-refractivity contribution in [3.63, 3.8) is 0 Å². The maximum absolute atomic E-state index is 13.0. The number of hydrogen-bond acceptors (Lipinski definition) is 4. The third-order valence-corrected chi connectivity index (χ3v) is 6.94. The van der Waals surface area contributed by atoms with Crippen LogP contribution in [0.25, 0.3) is 0 Å². The van der Waals surface area contributed by atoms with E-state index in [1.807, 2.05) is 6.92 Å². The normalized spacial score (nSPS) is 26.2. The third-order valence-electron chi connectivity index (χ3n) is 4.96. The standard InChI is InChI=1S/C16H23N3O3S/c1-11-5-6-14(8-15(11)16(17)20)23(21,22)19-10-13-4-3-7-18(13)9-12(19)2/h5-6,8,12-13H,3-4,7,9-10H2,1-2H3,(H2,17,20). The van der Waals surface area contributed by atoms with E-state index < -0.39 is 15.9 Å². The zero-order valence-electron chi connectivity index (χ0n) is 13.5. The molecule has 2 atom stereocenters. The number of piperazine rings is 1. The minimum atomic E-state index is -3.62. The fourth-order valence-electron chi connectivity index (χ4n) is 3.66. The molecule has 7 heteroatoms. The molecule has 126 valence electrons. The lowest BCUT2D eigenvalue weighted by Gasteiger charge is -2.41. The molecule has 2 unspecified atom stereocenters. The molecular weight excluding hydrogens is 314 g/mol. The highest BCUT2D eigenvalue weighted by molar-refractivity contribution is 7.89. The molecular formula is C16H23N3O3S. The number of carbonyl (C=O) groups is 1. The number of fused-ring (bicyclic) bond motifs is 1. The van der Waals surface area contributed by atoms with Gasteiger partial charge in [-0.2, -0.15) is 4.31 Å². The fraction of sp³-hybridized carbons (Fsp3) is 0.562. The summed E-state index contributed by atoms with van der Waals surface area (Å²) in [5, 5.41) is 0. The van der Waals surface area contributed by atoms with Crippen LogP contribution in [0.2, 0.25) is 0 Å². The zero-order chi connectivity index (χ0) is 16.8. The maximum Gasteiger partial charge on any atom is 0.249 e. The molecule has 23 heavy (non-hydrogen) atoms. The Balaban J connectivity index is 1.95. The minimum Gasteiger partial charge on any atom is -0.366 e. The molecule has 3 rings (SSSR count). The van der Waals surface area contributed by atoms with Gasteiger partial charge in [0.05, 0.1) is 4.90 Å². The number of sulfonamides is 1. The van der Waals surface area contributed by atoms with Crippen molar-refractivity contribution < 1.29 is 13.2 Å². The second-order valence-corrected chi connectivity index (χ2v) is 8.45. The number of hydrogen-bond donors (Lipinski definition) is 1. The second kappa shape index (κ2) is 5.89. The lowest BCUT2D eigenvalue weighted by atomic mass is 10.1. The van der Waals surface area contributed by atoms with Crippen LogP contribution in [-0.2, 0) is 10.0 Å². The molecule has 2 saturated heterocycles. The predicted molar refractivity (Wildman–Crippen MR) is 87.6 cm³/mol. The van der Waals surface area contributed by atoms with Crippen molar-refractivity contribution >= 4 is 15.9 Å². The summed E-state index contributed by atoms with van der Waals surface area (Å²) in [7, 11) is -3.62. The van der Waals surface area contributed by atoms with Gasteiger partial charge in [-0.1, -0.05) is 6.07 Å². The van der Waals surface area contributed by atoms with Crippen LogP contribution < -0.4 is 5.73 Å². The summed E-state index contributed by atoms with van der Waals surface area (Å²) < 4.78 is 27.6. The molecule has 2 heterocycles. The number of nitrogens with zero attached hydrogens (tertiary/aromatic N) is 2. The van der Waals surface area contributed by atoms with E-state index in [2.05, 4.69) is 4.90 Å². The maximum atomic E-state index is 13.0. The summed E-state index contributed by atoms with van der Waals surface area (Å²) in [5.74, 6) is -0.604. The van der Waals surface area contributed by atoms with Crippen molar-refractivity contribution in [1.82, 2.24) is 9.21 Å². The van der Waals surface area contributed by atoms with Crippen molar-refractivity contribution in [2.75, 3.05) is 19.6 Å². The van der Waals surface area contributed by atoms with E-state index in [0.29, 0.717) is 18.2 Å². The molecule has 1 aromatic rings. The van der Waals surface area contributed by atoms with E-state index in [1.165, 1.54) is 6.07 Å². The second-order valence-electron chi connectivity index (χ2n) is 6.56. The van der Waals surface area contributed by atoms with Gasteiger partial charge in [-0.25, -0.2) is 8.42 Å². The average molecular weight is 337 g/mol. The number of nitrogens with two attached hydrogens (primary N) is 1. The average Bonchev–Trinajstić information content (AvgIpc) is 2.93. The van der Waals surface area contributed by atoms with Crippen molar-refractivity contribution in [3.8, 4) is 0 Å². The highest BCUT2D eigenvalue weighted by Gasteiger charge is 2.40. The summed E-state index contributed by atoms with van der Waals surface area (Å²) >= 11 is 0. The van der Waals surface area contributed by atoms with Crippen LogP contribution in [0.15, 0.2) is 23.1 Å². The molecule has 0 spiro atoms. The van der Waals surface area contributed by atoms with Crippen LogP contribution in [0.1, 0.15) is 35.7 Å². The van der Waals surface area contributed by atoms with Crippen LogP contribution >= 0.6 is 0 Å². The SMILES string of the molecule is Cc1ccc(S(=O)(=O)N2CC3CCCN3CC2C)cc1C(N)=O. The van der Waals surface area contributed by atoms with Crippen LogP contribution in [-0.4, -0.2) is 55.2 Å². The molecule has 2 aliphatic rings. The molecule has 6 nitrogen and oxygen atoms in total. The highest BCUT2D eigenvalue weighted by atomic mass is 32.2. The van der Waals surface area contributed by atoms with Crippen molar-refractivity contribution in [3.05, 3.63) is 29.3 Å². The smallest absolute Gasteiger partial charge is 0.249 e. The summed E-state index contributed by atoms with van der Waals surface area (Å²) in [4.78, 5) is 14.0. The Kier molecular flexibility index (Phi) is 4.20. The Hall–Kier alpha value is -1.44. The monoisotopic (exact) mass is 337 g/mol. The first kappa shape index (κ1) is 16.4. The van der Waals surface area contributed by atoms with E-state index in [4.69, 9.17) is 5.73 Å². The topological polar surface area (TPSA) is 83.7 Å². The molecule has 1 amide bonds. The van der Waals surface area contributed by atoms with Gasteiger partial charge >= 0.3 is 0 Å². The van der Waals surface area contributed by atoms with Gasteiger partial charge in [0.1, 0.15) is 0 Å². The number of benzene rings is 1. The van der Waals surface area contributed by atoms with Crippen molar-refractivity contribution in [2.24, 2.45) is 5.73 Å². The van der Waals surface area contributed by atoms with Gasteiger partial charge < -0.3 is 5.73 Å². The van der Waals surface area contributed by atoms with Crippen LogP contribution in [0.5, 0.6) is 0 Å². The molecule has 1 aromatic carbocycles. The van der Waals surface area contributed by atoms with E-state index >= 15 is 0 Å². The number of aryl methyl sites for hydroxylation is 1. The number of carbonyl (C=O) groups excluding carboxylic acids is 1. The lowest BCUT2D eigenvalue weighted by molar-refractivity contribution is 0.0999. The minimum absolute atomic E-state index is 0.0762. The van der Waals surface area contributed by atoms with E-state index in [-0.39, 0.29) is 16.5 Å². The van der Waals surface area contributed by atoms with Crippen LogP contribution in [0.3, 0.4) is 0 Å². The van der Waals surface area contributed by atoms with Gasteiger partial charge in [0.25, 0.3) is 0 Å².